The maximum atomic E-state index is 4.21. The Labute approximate surface area is 105 Å². The van der Waals surface area contributed by atoms with Gasteiger partial charge in [-0.2, -0.15) is 0 Å². The standard InChI is InChI=1S/C3H9Si10/c1-6-12(11-10-9-4)13(5,7-2)8-3/h1-3H3. The van der Waals surface area contributed by atoms with E-state index in [0.717, 1.165) is 8.55 Å². The van der Waals surface area contributed by atoms with Crippen LogP contribution in [0.15, 0.2) is 0 Å². The lowest BCUT2D eigenvalue weighted by Gasteiger charge is -2.31. The minimum Gasteiger partial charge on any atom is -0.0761 e. The summed E-state index contributed by atoms with van der Waals surface area (Å²) in [5.41, 5.74) is 0. The summed E-state index contributed by atoms with van der Waals surface area (Å²) in [7, 11) is 15.1. The summed E-state index contributed by atoms with van der Waals surface area (Å²) in [6.45, 7) is 7.28. The second kappa shape index (κ2) is 8.34. The normalized spacial score (nSPS) is 12.5. The van der Waals surface area contributed by atoms with Crippen LogP contribution in [0.3, 0.4) is 0 Å². The highest BCUT2D eigenvalue weighted by Gasteiger charge is 2.33. The van der Waals surface area contributed by atoms with Crippen LogP contribution in [-0.2, 0) is 0 Å². The molecule has 0 aromatic rings. The SMILES string of the molecule is C[Si][Si]([Si][Si][Si][Si])[Si]([Si])([Si]C)[Si]C. The molecule has 0 atom stereocenters. The van der Waals surface area contributed by atoms with E-state index >= 15 is 0 Å². The zero-order valence-electron chi connectivity index (χ0n) is 8.00. The Morgan fingerprint density at radius 3 is 2.00 bits per heavy atom. The second-order valence-corrected chi connectivity index (χ2v) is 47.2. The van der Waals surface area contributed by atoms with Gasteiger partial charge < -0.3 is 0 Å². The van der Waals surface area contributed by atoms with Gasteiger partial charge in [0.05, 0.1) is 0 Å². The predicted molar refractivity (Wildman–Crippen MR) is 75.1 cm³/mol. The molecule has 61 valence electrons. The van der Waals surface area contributed by atoms with E-state index in [2.05, 4.69) is 39.2 Å². The molecule has 0 saturated heterocycles. The fourth-order valence-corrected chi connectivity index (χ4v) is 89.4. The van der Waals surface area contributed by atoms with E-state index in [4.69, 9.17) is 0 Å². The smallest absolute Gasteiger partial charge is 0.0148 e. The minimum absolute atomic E-state index is 0.0356. The molecule has 0 bridgehead atoms. The van der Waals surface area contributed by atoms with Crippen LogP contribution in [0, 0.1) is 0 Å². The van der Waals surface area contributed by atoms with Gasteiger partial charge in [0.2, 0.25) is 0 Å². The van der Waals surface area contributed by atoms with Crippen LogP contribution in [0.2, 0.25) is 19.6 Å². The molecule has 19 radical (unpaired) electrons. The van der Waals surface area contributed by atoms with Crippen molar-refractivity contribution in [2.45, 2.75) is 19.6 Å². The van der Waals surface area contributed by atoms with Gasteiger partial charge in [0, 0.05) is 85.8 Å². The molecule has 0 unspecified atom stereocenters. The van der Waals surface area contributed by atoms with Gasteiger partial charge in [-0.25, -0.2) is 0 Å². The highest BCUT2D eigenvalue weighted by Crippen LogP contribution is 1.98. The molecule has 0 aliphatic rings. The van der Waals surface area contributed by atoms with E-state index in [1.54, 1.807) is 0 Å². The van der Waals surface area contributed by atoms with Crippen LogP contribution in [0.5, 0.6) is 0 Å². The van der Waals surface area contributed by atoms with E-state index in [0.29, 0.717) is 0 Å². The van der Waals surface area contributed by atoms with E-state index in [1.807, 2.05) is 0 Å². The van der Waals surface area contributed by atoms with Gasteiger partial charge in [-0.05, 0) is 0 Å². The molecule has 0 spiro atoms. The first-order valence-corrected chi connectivity index (χ1v) is 24.8. The molecular weight excluding hydrogens is 317 g/mol. The van der Waals surface area contributed by atoms with Crippen molar-refractivity contribution >= 4 is 85.8 Å². The summed E-state index contributed by atoms with van der Waals surface area (Å²) >= 11 is 0. The molecule has 0 aromatic carbocycles. The molecule has 0 nitrogen and oxygen atoms in total. The predicted octanol–water partition coefficient (Wildman–Crippen LogP) is -2.06. The Balaban J connectivity index is 4.16. The Morgan fingerprint density at radius 1 is 1.15 bits per heavy atom. The van der Waals surface area contributed by atoms with Crippen molar-refractivity contribution < 1.29 is 0 Å². The molecule has 0 fully saturated rings. The third-order valence-electron chi connectivity index (χ3n) is 1.62. The topological polar surface area (TPSA) is 0 Å². The van der Waals surface area contributed by atoms with Gasteiger partial charge in [-0.1, -0.05) is 19.6 Å². The lowest BCUT2D eigenvalue weighted by atomic mass is 11.9. The number of rotatable bonds is 7. The van der Waals surface area contributed by atoms with Crippen LogP contribution >= 0.6 is 0 Å². The zero-order chi connectivity index (χ0) is 10.3. The van der Waals surface area contributed by atoms with Gasteiger partial charge >= 0.3 is 0 Å². The lowest BCUT2D eigenvalue weighted by Crippen LogP contribution is -2.67. The molecule has 13 heavy (non-hydrogen) atoms. The summed E-state index contributed by atoms with van der Waals surface area (Å²) in [6, 6.07) is 0. The number of hydrogen-bond donors (Lipinski definition) is 0. The molecule has 0 rings (SSSR count). The fourth-order valence-electron chi connectivity index (χ4n) is 0.812. The summed E-state index contributed by atoms with van der Waals surface area (Å²) in [5.74, 6) is 0. The van der Waals surface area contributed by atoms with Gasteiger partial charge in [0.25, 0.3) is 0 Å². The van der Waals surface area contributed by atoms with Crippen LogP contribution in [0.4, 0.5) is 0 Å². The van der Waals surface area contributed by atoms with Crippen LogP contribution in [0.25, 0.3) is 0 Å². The van der Waals surface area contributed by atoms with Crippen LogP contribution in [-0.4, -0.2) is 85.8 Å². The fraction of sp³-hybridized carbons (Fsp3) is 1.00. The third-order valence-corrected chi connectivity index (χ3v) is 77.6. The molecule has 10 heteroatoms. The van der Waals surface area contributed by atoms with Gasteiger partial charge in [0.1, 0.15) is 0 Å². The molecule has 0 aliphatic heterocycles. The average Bonchev–Trinajstić information content (AvgIpc) is 2.18. The van der Waals surface area contributed by atoms with Crippen molar-refractivity contribution in [3.63, 3.8) is 0 Å². The van der Waals surface area contributed by atoms with Crippen molar-refractivity contribution in [2.75, 3.05) is 0 Å². The first kappa shape index (κ1) is 15.2. The van der Waals surface area contributed by atoms with Gasteiger partial charge in [-0.3, -0.25) is 0 Å². The summed E-state index contributed by atoms with van der Waals surface area (Å²) in [4.78, 5) is 0. The van der Waals surface area contributed by atoms with Crippen molar-refractivity contribution in [3.05, 3.63) is 0 Å². The van der Waals surface area contributed by atoms with Gasteiger partial charge in [-0.15, -0.1) is 0 Å². The highest BCUT2D eigenvalue weighted by molar-refractivity contribution is 8.02. The largest absolute Gasteiger partial charge is 0.0761 e. The zero-order valence-corrected chi connectivity index (χ0v) is 18.0. The maximum absolute atomic E-state index is 4.21. The molecule has 0 aliphatic carbocycles. The molecule has 0 N–H and O–H groups in total. The molecule has 0 aromatic heterocycles. The van der Waals surface area contributed by atoms with Crippen molar-refractivity contribution in [2.24, 2.45) is 0 Å². The highest BCUT2D eigenvalue weighted by atomic mass is 30.3. The molecular formula is C3H9Si10. The first-order chi connectivity index (χ1) is 6.14. The summed E-state index contributed by atoms with van der Waals surface area (Å²) in [6.07, 6.45) is -0.887. The Morgan fingerprint density at radius 2 is 1.69 bits per heavy atom. The van der Waals surface area contributed by atoms with E-state index in [9.17, 15) is 0 Å². The monoisotopic (exact) mass is 325 g/mol. The van der Waals surface area contributed by atoms with Gasteiger partial charge in [0.15, 0.2) is 0 Å². The molecule has 0 heterocycles. The first-order valence-electron chi connectivity index (χ1n) is 3.75. The molecule has 0 saturated carbocycles. The van der Waals surface area contributed by atoms with Crippen molar-refractivity contribution in [1.29, 1.82) is 0 Å². The minimum atomic E-state index is -0.887. The quantitative estimate of drug-likeness (QED) is 0.473. The van der Waals surface area contributed by atoms with Crippen molar-refractivity contribution in [3.8, 4) is 0 Å². The third kappa shape index (κ3) is 5.16. The van der Waals surface area contributed by atoms with E-state index in [-0.39, 0.29) is 7.35 Å². The van der Waals surface area contributed by atoms with Crippen LogP contribution < -0.4 is 0 Å². The lowest BCUT2D eigenvalue weighted by molar-refractivity contribution is 2.32. The average molecular weight is 326 g/mol. The second-order valence-electron chi connectivity index (χ2n) is 2.25. The van der Waals surface area contributed by atoms with Crippen molar-refractivity contribution in [1.82, 2.24) is 0 Å². The Kier molecular flexibility index (Phi) is 9.73. The Bertz CT molecular complexity index is 121. The Hall–Kier alpha value is 2.17. The maximum Gasteiger partial charge on any atom is 0.0148 e. The van der Waals surface area contributed by atoms with E-state index < -0.39 is 6.14 Å². The van der Waals surface area contributed by atoms with Crippen LogP contribution in [0.1, 0.15) is 0 Å². The summed E-state index contributed by atoms with van der Waals surface area (Å²) < 4.78 is 0. The van der Waals surface area contributed by atoms with E-state index in [1.165, 1.54) is 44.2 Å². The molecule has 0 amide bonds. The number of hydrogen-bond acceptors (Lipinski definition) is 0. The summed E-state index contributed by atoms with van der Waals surface area (Å²) in [5, 5.41) is 0.